The zero-order chi connectivity index (χ0) is 21.9. The van der Waals surface area contributed by atoms with E-state index < -0.39 is 27.5 Å². The summed E-state index contributed by atoms with van der Waals surface area (Å²) in [5.41, 5.74) is 1.16. The number of sulfone groups is 1. The predicted molar refractivity (Wildman–Crippen MR) is 112 cm³/mol. The van der Waals surface area contributed by atoms with Gasteiger partial charge in [0.15, 0.2) is 14.6 Å². The molecule has 158 valence electrons. The molecule has 30 heavy (non-hydrogen) atoms. The van der Waals surface area contributed by atoms with E-state index in [9.17, 15) is 18.0 Å². The van der Waals surface area contributed by atoms with Crippen LogP contribution in [0, 0.1) is 0 Å². The van der Waals surface area contributed by atoms with Crippen LogP contribution in [0.3, 0.4) is 0 Å². The maximum Gasteiger partial charge on any atom is 0.338 e. The maximum absolute atomic E-state index is 12.5. The van der Waals surface area contributed by atoms with Gasteiger partial charge < -0.3 is 14.0 Å². The molecule has 3 rings (SSSR count). The van der Waals surface area contributed by atoms with Crippen molar-refractivity contribution in [3.05, 3.63) is 52.8 Å². The van der Waals surface area contributed by atoms with Gasteiger partial charge in [0.25, 0.3) is 5.91 Å². The molecule has 0 atom stereocenters. The van der Waals surface area contributed by atoms with Crippen LogP contribution in [0.15, 0.2) is 52.4 Å². The van der Waals surface area contributed by atoms with Gasteiger partial charge in [-0.15, -0.1) is 0 Å². The molecule has 0 spiro atoms. The summed E-state index contributed by atoms with van der Waals surface area (Å²) in [4.78, 5) is 28.6. The fourth-order valence-electron chi connectivity index (χ4n) is 2.75. The molecule has 0 unspecified atom stereocenters. The molecule has 0 fully saturated rings. The van der Waals surface area contributed by atoms with Gasteiger partial charge in [-0.3, -0.25) is 4.79 Å². The highest BCUT2D eigenvalue weighted by Crippen LogP contribution is 2.20. The van der Waals surface area contributed by atoms with Gasteiger partial charge in [0.1, 0.15) is 11.5 Å². The topological polar surface area (TPSA) is 104 Å². The first-order chi connectivity index (χ1) is 14.2. The first kappa shape index (κ1) is 21.7. The molecule has 1 aromatic heterocycles. The number of rotatable bonds is 6. The largest absolute Gasteiger partial charge is 0.497 e. The lowest BCUT2D eigenvalue weighted by molar-refractivity contribution is -0.115. The minimum Gasteiger partial charge on any atom is -0.497 e. The monoisotopic (exact) mass is 448 g/mol. The fraction of sp³-hybridized carbons (Fsp3) is 0.250. The number of hydrogen-bond donors (Lipinski definition) is 0. The Hall–Kier alpha value is -2.98. The lowest BCUT2D eigenvalue weighted by atomic mass is 10.2. The second-order valence-electron chi connectivity index (χ2n) is 6.29. The van der Waals surface area contributed by atoms with Crippen molar-refractivity contribution in [3.8, 4) is 5.75 Å². The molecule has 0 saturated heterocycles. The lowest BCUT2D eigenvalue weighted by Crippen LogP contribution is -2.19. The number of carbonyl (C=O) groups is 2. The van der Waals surface area contributed by atoms with Crippen molar-refractivity contribution in [2.45, 2.75) is 11.8 Å². The van der Waals surface area contributed by atoms with Crippen LogP contribution < -0.4 is 9.54 Å². The van der Waals surface area contributed by atoms with Crippen molar-refractivity contribution >= 4 is 43.3 Å². The van der Waals surface area contributed by atoms with Crippen LogP contribution in [0.1, 0.15) is 17.3 Å². The van der Waals surface area contributed by atoms with Crippen molar-refractivity contribution in [1.29, 1.82) is 0 Å². The van der Waals surface area contributed by atoms with E-state index in [0.29, 0.717) is 16.1 Å². The van der Waals surface area contributed by atoms with Crippen molar-refractivity contribution in [2.24, 2.45) is 12.0 Å². The summed E-state index contributed by atoms with van der Waals surface area (Å²) in [7, 11) is -0.642. The van der Waals surface area contributed by atoms with Gasteiger partial charge in [-0.2, -0.15) is 4.99 Å². The Morgan fingerprint density at radius 1 is 1.13 bits per heavy atom. The fourth-order valence-corrected chi connectivity index (χ4v) is 4.93. The molecule has 0 N–H and O–H groups in total. The second kappa shape index (κ2) is 8.80. The van der Waals surface area contributed by atoms with E-state index in [2.05, 4.69) is 4.99 Å². The number of thiazole rings is 1. The number of fused-ring (bicyclic) bond motifs is 1. The Morgan fingerprint density at radius 3 is 2.47 bits per heavy atom. The minimum absolute atomic E-state index is 0.0200. The molecule has 1 heterocycles. The first-order valence-electron chi connectivity index (χ1n) is 8.96. The molecule has 3 aromatic rings. The molecule has 0 radical (unpaired) electrons. The molecule has 0 saturated carbocycles. The van der Waals surface area contributed by atoms with Gasteiger partial charge in [0, 0.05) is 7.05 Å². The highest BCUT2D eigenvalue weighted by molar-refractivity contribution is 7.92. The lowest BCUT2D eigenvalue weighted by Gasteiger charge is -2.03. The van der Waals surface area contributed by atoms with Crippen molar-refractivity contribution < 1.29 is 27.5 Å². The van der Waals surface area contributed by atoms with Crippen LogP contribution in [0.25, 0.3) is 10.2 Å². The summed E-state index contributed by atoms with van der Waals surface area (Å²) in [6.07, 6.45) is 0. The number of carbonyl (C=O) groups excluding carboxylic acids is 2. The minimum atomic E-state index is -3.84. The van der Waals surface area contributed by atoms with Gasteiger partial charge >= 0.3 is 5.97 Å². The van der Waals surface area contributed by atoms with Crippen LogP contribution in [0.5, 0.6) is 5.75 Å². The number of esters is 1. The average molecular weight is 449 g/mol. The third-order valence-corrected chi connectivity index (χ3v) is 6.98. The molecule has 10 heteroatoms. The van der Waals surface area contributed by atoms with Gasteiger partial charge in [0.2, 0.25) is 0 Å². The number of aryl methyl sites for hydroxylation is 1. The summed E-state index contributed by atoms with van der Waals surface area (Å²) in [6.45, 7) is 2.00. The van der Waals surface area contributed by atoms with E-state index in [1.54, 1.807) is 36.7 Å². The second-order valence-corrected chi connectivity index (χ2v) is 9.29. The molecule has 0 aliphatic carbocycles. The summed E-state index contributed by atoms with van der Waals surface area (Å²) >= 11 is 1.18. The van der Waals surface area contributed by atoms with Crippen molar-refractivity contribution in [3.63, 3.8) is 0 Å². The molecular formula is C20H20N2O6S2. The van der Waals surface area contributed by atoms with Gasteiger partial charge in [-0.05, 0) is 49.4 Å². The summed E-state index contributed by atoms with van der Waals surface area (Å²) < 4.78 is 37.4. The number of ether oxygens (including phenoxy) is 2. The van der Waals surface area contributed by atoms with Gasteiger partial charge in [-0.25, -0.2) is 13.2 Å². The maximum atomic E-state index is 12.5. The van der Waals surface area contributed by atoms with E-state index >= 15 is 0 Å². The Labute approximate surface area is 177 Å². The van der Waals surface area contributed by atoms with Crippen LogP contribution in [-0.4, -0.2) is 44.3 Å². The Kier molecular flexibility index (Phi) is 6.37. The number of amides is 1. The van der Waals surface area contributed by atoms with Crippen molar-refractivity contribution in [2.75, 3.05) is 19.5 Å². The number of aromatic nitrogens is 1. The molecule has 8 nitrogen and oxygen atoms in total. The summed E-state index contributed by atoms with van der Waals surface area (Å²) in [6, 6.07) is 10.8. The number of nitrogens with zero attached hydrogens (tertiary/aromatic N) is 2. The normalized spacial score (nSPS) is 12.2. The number of methoxy groups -OCH3 is 1. The highest BCUT2D eigenvalue weighted by Gasteiger charge is 2.19. The van der Waals surface area contributed by atoms with Crippen molar-refractivity contribution in [1.82, 2.24) is 4.57 Å². The van der Waals surface area contributed by atoms with Crippen LogP contribution >= 0.6 is 11.3 Å². The van der Waals surface area contributed by atoms with Crippen LogP contribution in [0.4, 0.5) is 0 Å². The number of hydrogen-bond acceptors (Lipinski definition) is 7. The average Bonchev–Trinajstić information content (AvgIpc) is 3.02. The predicted octanol–water partition coefficient (Wildman–Crippen LogP) is 2.33. The molecule has 0 bridgehead atoms. The Balaban J connectivity index is 1.88. The molecule has 0 aliphatic heterocycles. The van der Waals surface area contributed by atoms with Crippen LogP contribution in [-0.2, 0) is 26.4 Å². The summed E-state index contributed by atoms with van der Waals surface area (Å²) in [5, 5.41) is 0. The van der Waals surface area contributed by atoms with E-state index in [1.165, 1.54) is 42.7 Å². The highest BCUT2D eigenvalue weighted by atomic mass is 32.2. The quantitative estimate of drug-likeness (QED) is 0.536. The third-order valence-electron chi connectivity index (χ3n) is 4.27. The smallest absolute Gasteiger partial charge is 0.338 e. The van der Waals surface area contributed by atoms with Crippen LogP contribution in [0.2, 0.25) is 0 Å². The molecule has 1 amide bonds. The van der Waals surface area contributed by atoms with E-state index in [1.807, 2.05) is 0 Å². The van der Waals surface area contributed by atoms with E-state index in [-0.39, 0.29) is 11.5 Å². The van der Waals surface area contributed by atoms with Gasteiger partial charge in [0.05, 0.1) is 34.4 Å². The zero-order valence-electron chi connectivity index (χ0n) is 16.6. The van der Waals surface area contributed by atoms with E-state index in [4.69, 9.17) is 9.47 Å². The standard InChI is InChI=1S/C20H20N2O6S2/c1-4-28-19(24)13-5-10-16-17(11-13)29-20(22(16)2)21-18(23)12-30(25,26)15-8-6-14(27-3)7-9-15/h5-11H,4,12H2,1-3H3. The third kappa shape index (κ3) is 4.60. The molecule has 0 aliphatic rings. The SMILES string of the molecule is CCOC(=O)c1ccc2c(c1)sc(=NC(=O)CS(=O)(=O)c1ccc(OC)cc1)n2C. The first-order valence-corrected chi connectivity index (χ1v) is 11.4. The zero-order valence-corrected chi connectivity index (χ0v) is 18.2. The Bertz CT molecular complexity index is 1270. The molecule has 2 aromatic carbocycles. The summed E-state index contributed by atoms with van der Waals surface area (Å²) in [5.74, 6) is -1.44. The Morgan fingerprint density at radius 2 is 1.83 bits per heavy atom. The number of benzene rings is 2. The molecular weight excluding hydrogens is 428 g/mol. The van der Waals surface area contributed by atoms with Gasteiger partial charge in [-0.1, -0.05) is 11.3 Å². The van der Waals surface area contributed by atoms with E-state index in [0.717, 1.165) is 10.2 Å².